The largest absolute Gasteiger partial charge is 0.352 e. The topological polar surface area (TPSA) is 78.1 Å². The molecule has 21 heavy (non-hydrogen) atoms. The molecule has 1 saturated heterocycles. The zero-order valence-corrected chi connectivity index (χ0v) is 12.6. The number of nitrogens with zero attached hydrogens (tertiary/aromatic N) is 2. The van der Waals surface area contributed by atoms with Gasteiger partial charge in [0.05, 0.1) is 11.8 Å². The van der Waals surface area contributed by atoms with Gasteiger partial charge in [0.1, 0.15) is 6.04 Å². The van der Waals surface area contributed by atoms with E-state index in [0.29, 0.717) is 18.7 Å². The summed E-state index contributed by atoms with van der Waals surface area (Å²) in [5.41, 5.74) is 1.22. The molecule has 1 aromatic carbocycles. The van der Waals surface area contributed by atoms with Crippen molar-refractivity contribution < 1.29 is 9.59 Å². The molecule has 1 aromatic heterocycles. The fraction of sp³-hybridized carbons (Fsp3) is 0.214. The summed E-state index contributed by atoms with van der Waals surface area (Å²) in [6, 6.07) is 6.78. The van der Waals surface area contributed by atoms with Gasteiger partial charge in [0.2, 0.25) is 5.91 Å². The van der Waals surface area contributed by atoms with Gasteiger partial charge in [-0.3, -0.25) is 14.7 Å². The lowest BCUT2D eigenvalue weighted by Gasteiger charge is -2.35. The Labute approximate surface area is 129 Å². The molecule has 0 bridgehead atoms. The van der Waals surface area contributed by atoms with E-state index in [-0.39, 0.29) is 11.8 Å². The van der Waals surface area contributed by atoms with Crippen LogP contribution in [0.15, 0.2) is 41.1 Å². The van der Waals surface area contributed by atoms with Crippen LogP contribution in [0.3, 0.4) is 0 Å². The van der Waals surface area contributed by atoms with Crippen LogP contribution in [-0.2, 0) is 4.79 Å². The number of piperazine rings is 1. The fourth-order valence-corrected chi connectivity index (χ4v) is 2.93. The molecule has 0 unspecified atom stereocenters. The zero-order chi connectivity index (χ0) is 14.8. The molecule has 6 nitrogen and oxygen atoms in total. The van der Waals surface area contributed by atoms with Crippen LogP contribution in [0.25, 0.3) is 0 Å². The Balaban J connectivity index is 1.99. The standard InChI is InChI=1S/C14H13BrN4O2/c15-11-4-2-1-3-10(11)12-13(20)16-5-6-19(12)14(21)9-7-17-18-8-9/h1-4,7-8,12H,5-6H2,(H,16,20)(H,17,18)/t12-/m0/s1. The Morgan fingerprint density at radius 3 is 2.90 bits per heavy atom. The maximum Gasteiger partial charge on any atom is 0.258 e. The van der Waals surface area contributed by atoms with Gasteiger partial charge in [-0.15, -0.1) is 0 Å². The average Bonchev–Trinajstić information content (AvgIpc) is 3.01. The Morgan fingerprint density at radius 2 is 2.19 bits per heavy atom. The van der Waals surface area contributed by atoms with Gasteiger partial charge in [0, 0.05) is 23.8 Å². The van der Waals surface area contributed by atoms with E-state index in [2.05, 4.69) is 31.4 Å². The highest BCUT2D eigenvalue weighted by atomic mass is 79.9. The monoisotopic (exact) mass is 348 g/mol. The van der Waals surface area contributed by atoms with Crippen molar-refractivity contribution in [1.82, 2.24) is 20.4 Å². The predicted octanol–water partition coefficient (Wildman–Crippen LogP) is 1.49. The number of halogens is 1. The second-order valence-electron chi connectivity index (χ2n) is 4.70. The molecule has 1 atom stereocenters. The Kier molecular flexibility index (Phi) is 3.74. The number of hydrogen-bond acceptors (Lipinski definition) is 3. The number of rotatable bonds is 2. The maximum absolute atomic E-state index is 12.6. The highest BCUT2D eigenvalue weighted by Crippen LogP contribution is 2.30. The van der Waals surface area contributed by atoms with Gasteiger partial charge < -0.3 is 10.2 Å². The summed E-state index contributed by atoms with van der Waals surface area (Å²) >= 11 is 3.45. The summed E-state index contributed by atoms with van der Waals surface area (Å²) in [5, 5.41) is 9.22. The van der Waals surface area contributed by atoms with E-state index < -0.39 is 6.04 Å². The molecule has 0 saturated carbocycles. The third-order valence-corrected chi connectivity index (χ3v) is 4.14. The first-order valence-corrected chi connectivity index (χ1v) is 7.29. The van der Waals surface area contributed by atoms with Crippen LogP contribution in [0.5, 0.6) is 0 Å². The van der Waals surface area contributed by atoms with Gasteiger partial charge in [-0.05, 0) is 11.6 Å². The number of hydrogen-bond donors (Lipinski definition) is 2. The second kappa shape index (κ2) is 5.69. The molecule has 1 fully saturated rings. The molecule has 0 spiro atoms. The number of carbonyl (C=O) groups is 2. The van der Waals surface area contributed by atoms with E-state index in [9.17, 15) is 9.59 Å². The molecule has 108 valence electrons. The van der Waals surface area contributed by atoms with E-state index >= 15 is 0 Å². The van der Waals surface area contributed by atoms with Crippen LogP contribution in [0.2, 0.25) is 0 Å². The van der Waals surface area contributed by atoms with E-state index in [0.717, 1.165) is 10.0 Å². The van der Waals surface area contributed by atoms with Crippen molar-refractivity contribution in [3.63, 3.8) is 0 Å². The van der Waals surface area contributed by atoms with E-state index in [1.165, 1.54) is 12.4 Å². The normalized spacial score (nSPS) is 18.4. The highest BCUT2D eigenvalue weighted by Gasteiger charge is 2.35. The summed E-state index contributed by atoms with van der Waals surface area (Å²) in [4.78, 5) is 26.4. The summed E-state index contributed by atoms with van der Waals surface area (Å²) in [7, 11) is 0. The second-order valence-corrected chi connectivity index (χ2v) is 5.55. The van der Waals surface area contributed by atoms with Crippen molar-refractivity contribution in [3.8, 4) is 0 Å². The number of aromatic amines is 1. The molecule has 0 radical (unpaired) electrons. The van der Waals surface area contributed by atoms with Gasteiger partial charge in [0.25, 0.3) is 5.91 Å². The fourth-order valence-electron chi connectivity index (χ4n) is 2.43. The van der Waals surface area contributed by atoms with Gasteiger partial charge in [-0.25, -0.2) is 0 Å². The van der Waals surface area contributed by atoms with Gasteiger partial charge in [-0.2, -0.15) is 5.10 Å². The van der Waals surface area contributed by atoms with Crippen molar-refractivity contribution in [2.75, 3.05) is 13.1 Å². The summed E-state index contributed by atoms with van der Waals surface area (Å²) in [6.07, 6.45) is 3.00. The first-order valence-electron chi connectivity index (χ1n) is 6.50. The van der Waals surface area contributed by atoms with Crippen LogP contribution >= 0.6 is 15.9 Å². The minimum absolute atomic E-state index is 0.176. The zero-order valence-electron chi connectivity index (χ0n) is 11.0. The summed E-state index contributed by atoms with van der Waals surface area (Å²) < 4.78 is 0.803. The van der Waals surface area contributed by atoms with Crippen LogP contribution in [0.1, 0.15) is 22.0 Å². The highest BCUT2D eigenvalue weighted by molar-refractivity contribution is 9.10. The smallest absolute Gasteiger partial charge is 0.258 e. The summed E-state index contributed by atoms with van der Waals surface area (Å²) in [5.74, 6) is -0.385. The van der Waals surface area contributed by atoms with Crippen molar-refractivity contribution in [1.29, 1.82) is 0 Å². The van der Waals surface area contributed by atoms with E-state index in [1.807, 2.05) is 24.3 Å². The van der Waals surface area contributed by atoms with Crippen LogP contribution in [0.4, 0.5) is 0 Å². The van der Waals surface area contributed by atoms with Crippen molar-refractivity contribution in [3.05, 3.63) is 52.3 Å². The molecule has 7 heteroatoms. The quantitative estimate of drug-likeness (QED) is 0.862. The molecule has 0 aliphatic carbocycles. The van der Waals surface area contributed by atoms with Crippen molar-refractivity contribution in [2.45, 2.75) is 6.04 Å². The van der Waals surface area contributed by atoms with Gasteiger partial charge >= 0.3 is 0 Å². The van der Waals surface area contributed by atoms with Gasteiger partial charge in [-0.1, -0.05) is 34.1 Å². The lowest BCUT2D eigenvalue weighted by Crippen LogP contribution is -2.52. The number of aromatic nitrogens is 2. The first-order chi connectivity index (χ1) is 10.2. The maximum atomic E-state index is 12.6. The molecule has 1 aliphatic rings. The number of carbonyl (C=O) groups excluding carboxylic acids is 2. The van der Waals surface area contributed by atoms with Crippen molar-refractivity contribution in [2.24, 2.45) is 0 Å². The number of benzene rings is 1. The van der Waals surface area contributed by atoms with Crippen LogP contribution in [0, 0.1) is 0 Å². The SMILES string of the molecule is O=C1NCCN(C(=O)c2cn[nH]c2)[C@H]1c1ccccc1Br. The lowest BCUT2D eigenvalue weighted by atomic mass is 10.0. The minimum atomic E-state index is -0.642. The average molecular weight is 349 g/mol. The molecular formula is C14H13BrN4O2. The molecule has 2 aromatic rings. The van der Waals surface area contributed by atoms with Gasteiger partial charge in [0.15, 0.2) is 0 Å². The Morgan fingerprint density at radius 1 is 1.38 bits per heavy atom. The lowest BCUT2D eigenvalue weighted by molar-refractivity contribution is -0.128. The molecule has 3 rings (SSSR count). The molecule has 1 aliphatic heterocycles. The van der Waals surface area contributed by atoms with Crippen molar-refractivity contribution >= 4 is 27.7 Å². The predicted molar refractivity (Wildman–Crippen MR) is 79.5 cm³/mol. The molecule has 2 heterocycles. The third-order valence-electron chi connectivity index (χ3n) is 3.42. The summed E-state index contributed by atoms with van der Waals surface area (Å²) in [6.45, 7) is 0.908. The molecule has 2 N–H and O–H groups in total. The third kappa shape index (κ3) is 2.56. The molecular weight excluding hydrogens is 336 g/mol. The number of amides is 2. The Hall–Kier alpha value is -2.15. The Bertz CT molecular complexity index is 671. The van der Waals surface area contributed by atoms with Crippen LogP contribution < -0.4 is 5.32 Å². The van der Waals surface area contributed by atoms with E-state index in [4.69, 9.17) is 0 Å². The number of H-pyrrole nitrogens is 1. The van der Waals surface area contributed by atoms with Crippen LogP contribution in [-0.4, -0.2) is 40.0 Å². The molecule has 2 amide bonds. The first kappa shape index (κ1) is 13.8. The minimum Gasteiger partial charge on any atom is -0.352 e. The number of nitrogens with one attached hydrogen (secondary N) is 2. The van der Waals surface area contributed by atoms with E-state index in [1.54, 1.807) is 4.90 Å².